The highest BCUT2D eigenvalue weighted by Crippen LogP contribution is 2.63. The van der Waals surface area contributed by atoms with Gasteiger partial charge >= 0.3 is 0 Å². The maximum Gasteiger partial charge on any atom is -0.0145 e. The molecule has 16 heavy (non-hydrogen) atoms. The molecule has 4 rings (SSSR count). The van der Waals surface area contributed by atoms with Crippen molar-refractivity contribution in [2.75, 3.05) is 0 Å². The Morgan fingerprint density at radius 2 is 1.50 bits per heavy atom. The summed E-state index contributed by atoms with van der Waals surface area (Å²) in [6.45, 7) is 8.02. The highest BCUT2D eigenvalue weighted by molar-refractivity contribution is 5.08. The lowest BCUT2D eigenvalue weighted by molar-refractivity contribution is -0.0756. The second-order valence-corrected chi connectivity index (χ2v) is 6.65. The fourth-order valence-corrected chi connectivity index (χ4v) is 5.41. The van der Waals surface area contributed by atoms with E-state index >= 15 is 0 Å². The van der Waals surface area contributed by atoms with E-state index < -0.39 is 0 Å². The molecule has 0 aromatic carbocycles. The van der Waals surface area contributed by atoms with Gasteiger partial charge in [-0.25, -0.2) is 0 Å². The predicted molar refractivity (Wildman–Crippen MR) is 69.1 cm³/mol. The van der Waals surface area contributed by atoms with Gasteiger partial charge in [0.1, 0.15) is 0 Å². The summed E-state index contributed by atoms with van der Waals surface area (Å²) in [4.78, 5) is 0. The quantitative estimate of drug-likeness (QED) is 0.603. The molecule has 0 saturated heterocycles. The molecule has 0 amide bonds. The number of hydrogen-bond donors (Lipinski definition) is 0. The zero-order chi connectivity index (χ0) is 11.2. The van der Waals surface area contributed by atoms with Crippen LogP contribution in [0, 0.1) is 29.1 Å². The van der Waals surface area contributed by atoms with Gasteiger partial charge in [0, 0.05) is 0 Å². The van der Waals surface area contributed by atoms with E-state index in [-0.39, 0.29) is 0 Å². The monoisotopic (exact) mass is 216 g/mol. The van der Waals surface area contributed by atoms with E-state index in [9.17, 15) is 0 Å². The van der Waals surface area contributed by atoms with Crippen molar-refractivity contribution in [2.45, 2.75) is 44.9 Å². The zero-order valence-electron chi connectivity index (χ0n) is 10.3. The summed E-state index contributed by atoms with van der Waals surface area (Å²) in [5.74, 6) is 3.87. The van der Waals surface area contributed by atoms with Crippen LogP contribution in [0.4, 0.5) is 0 Å². The van der Waals surface area contributed by atoms with Crippen LogP contribution >= 0.6 is 0 Å². The molecule has 0 heterocycles. The van der Waals surface area contributed by atoms with Crippen LogP contribution < -0.4 is 0 Å². The smallest absolute Gasteiger partial charge is 0.0145 e. The molecule has 1 atom stereocenters. The minimum absolute atomic E-state index is 0.630. The molecule has 0 N–H and O–H groups in total. The highest BCUT2D eigenvalue weighted by atomic mass is 14.6. The van der Waals surface area contributed by atoms with Gasteiger partial charge in [0.2, 0.25) is 0 Å². The minimum atomic E-state index is 0.630. The molecule has 4 aliphatic carbocycles. The summed E-state index contributed by atoms with van der Waals surface area (Å²) in [7, 11) is 0. The van der Waals surface area contributed by atoms with Crippen molar-refractivity contribution in [3.63, 3.8) is 0 Å². The van der Waals surface area contributed by atoms with Crippen LogP contribution in [0.2, 0.25) is 0 Å². The molecular weight excluding hydrogens is 192 g/mol. The lowest BCUT2D eigenvalue weighted by Gasteiger charge is -2.59. The molecule has 0 nitrogen and oxygen atoms in total. The van der Waals surface area contributed by atoms with Gasteiger partial charge in [0.05, 0.1) is 0 Å². The Balaban J connectivity index is 1.86. The van der Waals surface area contributed by atoms with Crippen LogP contribution in [-0.4, -0.2) is 0 Å². The van der Waals surface area contributed by atoms with E-state index in [0.29, 0.717) is 11.3 Å². The van der Waals surface area contributed by atoms with Crippen molar-refractivity contribution < 1.29 is 0 Å². The van der Waals surface area contributed by atoms with Gasteiger partial charge in [-0.1, -0.05) is 12.2 Å². The average molecular weight is 216 g/mol. The maximum atomic E-state index is 4.09. The van der Waals surface area contributed by atoms with Gasteiger partial charge in [-0.15, -0.1) is 13.2 Å². The lowest BCUT2D eigenvalue weighted by atomic mass is 9.46. The molecule has 1 unspecified atom stereocenters. The Bertz CT molecular complexity index is 264. The molecule has 4 bridgehead atoms. The highest BCUT2D eigenvalue weighted by Gasteiger charge is 2.52. The maximum absolute atomic E-state index is 4.09. The number of hydrogen-bond acceptors (Lipinski definition) is 0. The van der Waals surface area contributed by atoms with Crippen LogP contribution in [0.3, 0.4) is 0 Å². The third-order valence-corrected chi connectivity index (χ3v) is 5.58. The van der Waals surface area contributed by atoms with E-state index in [1.807, 2.05) is 0 Å². The second kappa shape index (κ2) is 3.75. The van der Waals surface area contributed by atoms with Crippen LogP contribution in [0.1, 0.15) is 44.9 Å². The largest absolute Gasteiger partial charge is 0.103 e. The summed E-state index contributed by atoms with van der Waals surface area (Å²) in [5.41, 5.74) is 0.630. The van der Waals surface area contributed by atoms with Crippen LogP contribution in [0.15, 0.2) is 25.3 Å². The lowest BCUT2D eigenvalue weighted by Crippen LogP contribution is -2.49. The molecule has 4 aliphatic rings. The molecule has 0 aromatic heterocycles. The molecular formula is C16H24. The summed E-state index contributed by atoms with van der Waals surface area (Å²) >= 11 is 0. The van der Waals surface area contributed by atoms with Crippen molar-refractivity contribution in [2.24, 2.45) is 29.1 Å². The van der Waals surface area contributed by atoms with Crippen LogP contribution in [-0.2, 0) is 0 Å². The van der Waals surface area contributed by atoms with E-state index in [1.165, 1.54) is 38.5 Å². The molecule has 4 fully saturated rings. The SMILES string of the molecule is C=CCC(C=C)C12CC3CC(CC(C3)C1)C2. The van der Waals surface area contributed by atoms with Gasteiger partial charge in [-0.2, -0.15) is 0 Å². The van der Waals surface area contributed by atoms with E-state index in [1.54, 1.807) is 0 Å². The standard InChI is InChI=1S/C16H24/c1-3-5-15(4-2)16-9-12-6-13(10-16)8-14(7-12)11-16/h3-4,12-15H,1-2,5-11H2. The van der Waals surface area contributed by atoms with Crippen molar-refractivity contribution in [1.82, 2.24) is 0 Å². The van der Waals surface area contributed by atoms with Gasteiger partial charge in [-0.3, -0.25) is 0 Å². The Kier molecular flexibility index (Phi) is 2.49. The van der Waals surface area contributed by atoms with Gasteiger partial charge < -0.3 is 0 Å². The van der Waals surface area contributed by atoms with Crippen molar-refractivity contribution in [3.05, 3.63) is 25.3 Å². The van der Waals surface area contributed by atoms with E-state index in [0.717, 1.165) is 24.2 Å². The fourth-order valence-electron chi connectivity index (χ4n) is 5.41. The Labute approximate surface area is 99.8 Å². The van der Waals surface area contributed by atoms with Crippen molar-refractivity contribution in [3.8, 4) is 0 Å². The first-order valence-corrected chi connectivity index (χ1v) is 6.99. The first kappa shape index (κ1) is 10.6. The normalized spacial score (nSPS) is 46.6. The molecule has 88 valence electrons. The van der Waals surface area contributed by atoms with Gasteiger partial charge in [0.25, 0.3) is 0 Å². The molecule has 0 aliphatic heterocycles. The predicted octanol–water partition coefficient (Wildman–Crippen LogP) is 4.58. The third kappa shape index (κ3) is 1.49. The second-order valence-electron chi connectivity index (χ2n) is 6.65. The molecule has 0 radical (unpaired) electrons. The first-order valence-electron chi connectivity index (χ1n) is 6.99. The Morgan fingerprint density at radius 3 is 1.88 bits per heavy atom. The topological polar surface area (TPSA) is 0 Å². The zero-order valence-corrected chi connectivity index (χ0v) is 10.3. The molecule has 0 heteroatoms. The fraction of sp³-hybridized carbons (Fsp3) is 0.750. The summed E-state index contributed by atoms with van der Waals surface area (Å²) in [6, 6.07) is 0. The summed E-state index contributed by atoms with van der Waals surface area (Å²) in [6.07, 6.45) is 14.6. The molecule has 4 saturated carbocycles. The summed E-state index contributed by atoms with van der Waals surface area (Å²) < 4.78 is 0. The summed E-state index contributed by atoms with van der Waals surface area (Å²) in [5, 5.41) is 0. The Morgan fingerprint density at radius 1 is 1.00 bits per heavy atom. The van der Waals surface area contributed by atoms with Gasteiger partial charge in [0.15, 0.2) is 0 Å². The van der Waals surface area contributed by atoms with Gasteiger partial charge in [-0.05, 0) is 74.0 Å². The molecule has 0 aromatic rings. The average Bonchev–Trinajstić information content (AvgIpc) is 2.23. The van der Waals surface area contributed by atoms with Crippen molar-refractivity contribution >= 4 is 0 Å². The van der Waals surface area contributed by atoms with Crippen molar-refractivity contribution in [1.29, 1.82) is 0 Å². The number of allylic oxidation sites excluding steroid dienone is 2. The third-order valence-electron chi connectivity index (χ3n) is 5.58. The van der Waals surface area contributed by atoms with E-state index in [4.69, 9.17) is 0 Å². The van der Waals surface area contributed by atoms with Crippen LogP contribution in [0.5, 0.6) is 0 Å². The Hall–Kier alpha value is -0.520. The first-order chi connectivity index (χ1) is 7.75. The van der Waals surface area contributed by atoms with E-state index in [2.05, 4.69) is 25.3 Å². The number of rotatable bonds is 4. The minimum Gasteiger partial charge on any atom is -0.103 e. The molecule has 0 spiro atoms. The van der Waals surface area contributed by atoms with Crippen LogP contribution in [0.25, 0.3) is 0 Å².